The quantitative estimate of drug-likeness (QED) is 0.110. The van der Waals surface area contributed by atoms with E-state index in [9.17, 15) is 158 Å². The summed E-state index contributed by atoms with van der Waals surface area (Å²) in [6.07, 6.45) is 0. The summed E-state index contributed by atoms with van der Waals surface area (Å²) in [4.78, 5) is 0. The first-order valence-corrected chi connectivity index (χ1v) is 13.1. The van der Waals surface area contributed by atoms with Gasteiger partial charge in [0.1, 0.15) is 13.2 Å². The van der Waals surface area contributed by atoms with Crippen LogP contribution in [0.15, 0.2) is 0 Å². The van der Waals surface area contributed by atoms with Gasteiger partial charge in [0, 0.05) is 72.0 Å². The van der Waals surface area contributed by atoms with Crippen molar-refractivity contribution in [1.82, 2.24) is 0 Å². The van der Waals surface area contributed by atoms with Gasteiger partial charge in [-0.05, 0) is 0 Å². The van der Waals surface area contributed by atoms with Crippen molar-refractivity contribution in [3.63, 3.8) is 0 Å². The standard InChI is InChI=1S/C22H10F36O.Rb/c1-5(23,24)9(31,32)13(39,40)17(47,48)21(55,56)19(51,52)15(43,44)11(35,36)7(27,28)3-59-4-8(29,30)12(37,38)16(45,46)20(53,54)22(57,58)18(49,50)14(41,42)10(33,34)6(2,25)26;/h3-4H2,1-2H3;. The fraction of sp³-hybridized carbons (Fsp3) is 1.00. The van der Waals surface area contributed by atoms with Gasteiger partial charge in [-0.1, -0.05) is 0 Å². The monoisotopic (exact) mass is 1060 g/mol. The molecule has 0 aliphatic rings. The molecule has 0 amide bonds. The van der Waals surface area contributed by atoms with Crippen molar-refractivity contribution in [1.29, 1.82) is 0 Å². The molecule has 0 aromatic heterocycles. The van der Waals surface area contributed by atoms with Crippen LogP contribution in [-0.4, -0.2) is 178 Å². The van der Waals surface area contributed by atoms with Crippen LogP contribution in [0.25, 0.3) is 0 Å². The van der Waals surface area contributed by atoms with Crippen LogP contribution in [0.5, 0.6) is 0 Å². The molecule has 0 heterocycles. The van der Waals surface area contributed by atoms with Gasteiger partial charge in [0.05, 0.1) is 0 Å². The van der Waals surface area contributed by atoms with E-state index in [0.29, 0.717) is 0 Å². The molecule has 0 unspecified atom stereocenters. The summed E-state index contributed by atoms with van der Waals surface area (Å²) < 4.78 is 490. The summed E-state index contributed by atoms with van der Waals surface area (Å²) in [6, 6.07) is 0. The molecule has 0 saturated carbocycles. The van der Waals surface area contributed by atoms with Gasteiger partial charge >= 0.3 is 107 Å². The van der Waals surface area contributed by atoms with Crippen molar-refractivity contribution in [2.24, 2.45) is 0 Å². The molecular weight excluding hydrogens is 1050 g/mol. The molecule has 0 rings (SSSR count). The Bertz CT molecular complexity index is 1390. The third-order valence-electron chi connectivity index (χ3n) is 7.32. The van der Waals surface area contributed by atoms with Crippen LogP contribution in [-0.2, 0) is 4.74 Å². The zero-order valence-electron chi connectivity index (χ0n) is 27.4. The first-order valence-electron chi connectivity index (χ1n) is 13.1. The summed E-state index contributed by atoms with van der Waals surface area (Å²) in [7, 11) is 0. The summed E-state index contributed by atoms with van der Waals surface area (Å²) in [6.45, 7) is -12.6. The van der Waals surface area contributed by atoms with Gasteiger partial charge in [0.2, 0.25) is 0 Å². The Hall–Kier alpha value is -0.755. The maximum Gasteiger partial charge on any atom is 0.385 e. The van der Waals surface area contributed by atoms with E-state index < -0.39 is 134 Å². The second-order valence-corrected chi connectivity index (χ2v) is 11.7. The van der Waals surface area contributed by atoms with E-state index >= 15 is 0 Å². The summed E-state index contributed by atoms with van der Waals surface area (Å²) in [5.41, 5.74) is 0. The number of hydrogen-bond acceptors (Lipinski definition) is 1. The van der Waals surface area contributed by atoms with Crippen LogP contribution in [0.3, 0.4) is 0 Å². The van der Waals surface area contributed by atoms with E-state index in [1.54, 1.807) is 0 Å². The molecule has 0 atom stereocenters. The van der Waals surface area contributed by atoms with Crippen molar-refractivity contribution >= 4 is 58.2 Å². The Morgan fingerprint density at radius 2 is 0.333 bits per heavy atom. The molecule has 38 heteroatoms. The molecule has 0 aliphatic heterocycles. The van der Waals surface area contributed by atoms with E-state index in [-0.39, 0.29) is 58.2 Å². The van der Waals surface area contributed by atoms with Crippen molar-refractivity contribution in [2.75, 3.05) is 13.2 Å². The molecule has 1 nitrogen and oxygen atoms in total. The largest absolute Gasteiger partial charge is 0.385 e. The Balaban J connectivity index is 0. The Morgan fingerprint density at radius 3 is 0.467 bits per heavy atom. The minimum Gasteiger partial charge on any atom is -0.368 e. The van der Waals surface area contributed by atoms with Crippen molar-refractivity contribution in [2.45, 2.75) is 120 Å². The first-order chi connectivity index (χ1) is 24.7. The van der Waals surface area contributed by atoms with Gasteiger partial charge in [-0.25, -0.2) is 0 Å². The van der Waals surface area contributed by atoms with E-state index in [1.807, 2.05) is 0 Å². The summed E-state index contributed by atoms with van der Waals surface area (Å²) in [5, 5.41) is 0. The Kier molecular flexibility index (Phi) is 16.1. The molecule has 0 aromatic carbocycles. The molecule has 60 heavy (non-hydrogen) atoms. The van der Waals surface area contributed by atoms with Gasteiger partial charge < -0.3 is 4.74 Å². The Morgan fingerprint density at radius 1 is 0.217 bits per heavy atom. The van der Waals surface area contributed by atoms with Gasteiger partial charge in [-0.3, -0.25) is 0 Å². The summed E-state index contributed by atoms with van der Waals surface area (Å²) in [5.74, 6) is -156. The number of hydrogen-bond donors (Lipinski definition) is 0. The first kappa shape index (κ1) is 61.3. The maximum absolute atomic E-state index is 13.8. The van der Waals surface area contributed by atoms with Crippen LogP contribution in [0.4, 0.5) is 158 Å². The fourth-order valence-corrected chi connectivity index (χ4v) is 3.47. The van der Waals surface area contributed by atoms with Crippen LogP contribution in [0, 0.1) is 0 Å². The van der Waals surface area contributed by atoms with Crippen LogP contribution >= 0.6 is 0 Å². The van der Waals surface area contributed by atoms with E-state index in [0.717, 1.165) is 0 Å². The third kappa shape index (κ3) is 7.92. The Labute approximate surface area is 353 Å². The van der Waals surface area contributed by atoms with Crippen molar-refractivity contribution in [3.8, 4) is 0 Å². The van der Waals surface area contributed by atoms with Crippen LogP contribution in [0.2, 0.25) is 0 Å². The predicted octanol–water partition coefficient (Wildman–Crippen LogP) is 12.1. The second kappa shape index (κ2) is 15.7. The fourth-order valence-electron chi connectivity index (χ4n) is 3.47. The third-order valence-corrected chi connectivity index (χ3v) is 7.32. The molecule has 0 saturated heterocycles. The number of ether oxygens (including phenoxy) is 1. The average Bonchev–Trinajstić information content (AvgIpc) is 2.98. The molecular formula is C22H10F36ORb. The molecule has 0 spiro atoms. The zero-order valence-corrected chi connectivity index (χ0v) is 32.3. The van der Waals surface area contributed by atoms with Gasteiger partial charge in [0.25, 0.3) is 0 Å². The molecule has 0 fully saturated rings. The minimum absolute atomic E-state index is 0. The molecule has 0 aromatic rings. The molecule has 0 aliphatic carbocycles. The minimum atomic E-state index is -9.45. The number of rotatable bonds is 20. The topological polar surface area (TPSA) is 9.23 Å². The molecule has 0 N–H and O–H groups in total. The normalized spacial score (nSPS) is 16.9. The SMILES string of the molecule is CC(F)(F)C(F)(F)C(F)(F)C(F)(F)C(F)(F)C(F)(F)C(F)(F)C(F)(F)C(F)(F)COCC(F)(F)C(F)(F)C(F)(F)C(F)(F)C(F)(F)C(F)(F)C(F)(F)C(F)(F)C(C)(F)F.[Rb]. The van der Waals surface area contributed by atoms with E-state index in [2.05, 4.69) is 4.74 Å². The van der Waals surface area contributed by atoms with E-state index in [4.69, 9.17) is 0 Å². The zero-order chi connectivity index (χ0) is 49.1. The molecule has 0 bridgehead atoms. The summed E-state index contributed by atoms with van der Waals surface area (Å²) >= 11 is 0. The van der Waals surface area contributed by atoms with Crippen molar-refractivity contribution in [3.05, 3.63) is 0 Å². The molecule has 1 radical (unpaired) electrons. The molecule has 357 valence electrons. The van der Waals surface area contributed by atoms with Gasteiger partial charge in [0.15, 0.2) is 0 Å². The van der Waals surface area contributed by atoms with Gasteiger partial charge in [-0.2, -0.15) is 158 Å². The van der Waals surface area contributed by atoms with Crippen LogP contribution in [0.1, 0.15) is 13.8 Å². The average molecular weight is 1060 g/mol. The smallest absolute Gasteiger partial charge is 0.368 e. The van der Waals surface area contributed by atoms with E-state index in [1.165, 1.54) is 0 Å². The predicted molar refractivity (Wildman–Crippen MR) is 117 cm³/mol. The van der Waals surface area contributed by atoms with Gasteiger partial charge in [-0.15, -0.1) is 0 Å². The maximum atomic E-state index is 13.8. The number of alkyl halides is 36. The van der Waals surface area contributed by atoms with Crippen molar-refractivity contribution < 1.29 is 163 Å². The number of halogens is 36. The van der Waals surface area contributed by atoms with Crippen LogP contribution < -0.4 is 0 Å². The second-order valence-electron chi connectivity index (χ2n) is 11.7.